The molecule has 0 saturated heterocycles. The van der Waals surface area contributed by atoms with Crippen molar-refractivity contribution in [3.05, 3.63) is 59.2 Å². The molecule has 0 aliphatic heterocycles. The molecule has 0 aliphatic carbocycles. The lowest BCUT2D eigenvalue weighted by atomic mass is 10.1. The van der Waals surface area contributed by atoms with E-state index in [-0.39, 0.29) is 11.8 Å². The van der Waals surface area contributed by atoms with Crippen LogP contribution < -0.4 is 10.6 Å². The molecule has 4 nitrogen and oxygen atoms in total. The summed E-state index contributed by atoms with van der Waals surface area (Å²) in [5, 5.41) is 5.61. The van der Waals surface area contributed by atoms with Gasteiger partial charge in [-0.25, -0.2) is 0 Å². The fourth-order valence-corrected chi connectivity index (χ4v) is 2.35. The van der Waals surface area contributed by atoms with Crippen molar-refractivity contribution in [3.63, 3.8) is 0 Å². The number of amides is 2. The van der Waals surface area contributed by atoms with E-state index in [4.69, 9.17) is 0 Å². The van der Waals surface area contributed by atoms with E-state index in [1.807, 2.05) is 38.1 Å². The van der Waals surface area contributed by atoms with Gasteiger partial charge in [-0.1, -0.05) is 18.2 Å². The summed E-state index contributed by atoms with van der Waals surface area (Å²) in [6, 6.07) is 13.2. The van der Waals surface area contributed by atoms with Crippen LogP contribution in [0, 0.1) is 13.8 Å². The topological polar surface area (TPSA) is 58.2 Å². The van der Waals surface area contributed by atoms with Crippen molar-refractivity contribution in [2.75, 3.05) is 10.6 Å². The summed E-state index contributed by atoms with van der Waals surface area (Å²) in [4.78, 5) is 23.0. The second kappa shape index (κ2) is 6.89. The van der Waals surface area contributed by atoms with Gasteiger partial charge in [0.1, 0.15) is 0 Å². The van der Waals surface area contributed by atoms with Crippen LogP contribution in [0.15, 0.2) is 42.5 Å². The maximum absolute atomic E-state index is 12.1. The zero-order valence-electron chi connectivity index (χ0n) is 13.1. The molecule has 0 saturated carbocycles. The van der Waals surface area contributed by atoms with E-state index in [2.05, 4.69) is 16.7 Å². The van der Waals surface area contributed by atoms with Gasteiger partial charge >= 0.3 is 0 Å². The molecule has 0 aromatic heterocycles. The Morgan fingerprint density at radius 2 is 1.45 bits per heavy atom. The zero-order chi connectivity index (χ0) is 16.1. The Kier molecular flexibility index (Phi) is 4.94. The van der Waals surface area contributed by atoms with Gasteiger partial charge in [-0.2, -0.15) is 0 Å². The molecule has 114 valence electrons. The normalized spacial score (nSPS) is 10.1. The smallest absolute Gasteiger partial charge is 0.228 e. The molecule has 2 rings (SSSR count). The molecular formula is C18H20N2O2. The Hall–Kier alpha value is -2.62. The van der Waals surface area contributed by atoms with Crippen molar-refractivity contribution in [1.82, 2.24) is 0 Å². The molecule has 0 spiro atoms. The average Bonchev–Trinajstić information content (AvgIpc) is 2.39. The van der Waals surface area contributed by atoms with Gasteiger partial charge < -0.3 is 10.6 Å². The summed E-state index contributed by atoms with van der Waals surface area (Å²) in [6.45, 7) is 5.47. The highest BCUT2D eigenvalue weighted by Crippen LogP contribution is 2.15. The number of hydrogen-bond acceptors (Lipinski definition) is 2. The molecule has 2 aromatic carbocycles. The number of nitrogens with one attached hydrogen (secondary N) is 2. The molecule has 0 aliphatic rings. The maximum atomic E-state index is 12.1. The van der Waals surface area contributed by atoms with Gasteiger partial charge in [0.05, 0.1) is 6.42 Å². The molecule has 2 N–H and O–H groups in total. The van der Waals surface area contributed by atoms with Crippen LogP contribution in [0.5, 0.6) is 0 Å². The molecule has 4 heteroatoms. The van der Waals surface area contributed by atoms with Crippen LogP contribution in [0.4, 0.5) is 11.4 Å². The molecule has 0 bridgehead atoms. The monoisotopic (exact) mass is 296 g/mol. The first-order chi connectivity index (χ1) is 10.4. The SMILES string of the molecule is CC(=O)Nc1ccc(CC(=O)Nc2cc(C)cc(C)c2)cc1. The lowest BCUT2D eigenvalue weighted by Gasteiger charge is -2.08. The lowest BCUT2D eigenvalue weighted by molar-refractivity contribution is -0.116. The minimum Gasteiger partial charge on any atom is -0.326 e. The summed E-state index contributed by atoms with van der Waals surface area (Å²) < 4.78 is 0. The van der Waals surface area contributed by atoms with Crippen LogP contribution in [0.25, 0.3) is 0 Å². The number of hydrogen-bond donors (Lipinski definition) is 2. The van der Waals surface area contributed by atoms with E-state index in [0.29, 0.717) is 6.42 Å². The largest absolute Gasteiger partial charge is 0.326 e. The van der Waals surface area contributed by atoms with Crippen LogP contribution in [-0.4, -0.2) is 11.8 Å². The van der Waals surface area contributed by atoms with Crippen molar-refractivity contribution < 1.29 is 9.59 Å². The highest BCUT2D eigenvalue weighted by atomic mass is 16.2. The summed E-state index contributed by atoms with van der Waals surface area (Å²) in [5.74, 6) is -0.169. The fourth-order valence-electron chi connectivity index (χ4n) is 2.35. The summed E-state index contributed by atoms with van der Waals surface area (Å²) in [6.07, 6.45) is 0.299. The van der Waals surface area contributed by atoms with Crippen LogP contribution >= 0.6 is 0 Å². The third kappa shape index (κ3) is 4.74. The minimum absolute atomic E-state index is 0.0581. The van der Waals surface area contributed by atoms with Crippen molar-refractivity contribution in [2.24, 2.45) is 0 Å². The third-order valence-electron chi connectivity index (χ3n) is 3.14. The number of rotatable bonds is 4. The number of anilines is 2. The van der Waals surface area contributed by atoms with Gasteiger partial charge in [0.2, 0.25) is 11.8 Å². The second-order valence-electron chi connectivity index (χ2n) is 5.48. The average molecular weight is 296 g/mol. The van der Waals surface area contributed by atoms with Gasteiger partial charge in [0.25, 0.3) is 0 Å². The standard InChI is InChI=1S/C18H20N2O2/c1-12-8-13(2)10-17(9-12)20-18(22)11-15-4-6-16(7-5-15)19-14(3)21/h4-10H,11H2,1-3H3,(H,19,21)(H,20,22). The molecule has 22 heavy (non-hydrogen) atoms. The lowest BCUT2D eigenvalue weighted by Crippen LogP contribution is -2.14. The Labute approximate surface area is 130 Å². The molecular weight excluding hydrogens is 276 g/mol. The Balaban J connectivity index is 1.98. The number of aryl methyl sites for hydroxylation is 2. The molecule has 0 atom stereocenters. The molecule has 0 unspecified atom stereocenters. The first-order valence-electron chi connectivity index (χ1n) is 7.17. The molecule has 0 radical (unpaired) electrons. The predicted octanol–water partition coefficient (Wildman–Crippen LogP) is 3.44. The molecule has 0 heterocycles. The quantitative estimate of drug-likeness (QED) is 0.908. The van der Waals surface area contributed by atoms with E-state index in [9.17, 15) is 9.59 Å². The molecule has 0 fully saturated rings. The van der Waals surface area contributed by atoms with E-state index >= 15 is 0 Å². The number of carbonyl (C=O) groups is 2. The van der Waals surface area contributed by atoms with Gasteiger partial charge in [-0.15, -0.1) is 0 Å². The van der Waals surface area contributed by atoms with Crippen LogP contribution in [-0.2, 0) is 16.0 Å². The Bertz CT molecular complexity index is 670. The Morgan fingerprint density at radius 3 is 2.00 bits per heavy atom. The van der Waals surface area contributed by atoms with E-state index in [0.717, 1.165) is 28.1 Å². The second-order valence-corrected chi connectivity index (χ2v) is 5.48. The first-order valence-corrected chi connectivity index (χ1v) is 7.17. The van der Waals surface area contributed by atoms with Gasteiger partial charge in [0.15, 0.2) is 0 Å². The van der Waals surface area contributed by atoms with Gasteiger partial charge in [-0.3, -0.25) is 9.59 Å². The van der Waals surface area contributed by atoms with Crippen LogP contribution in [0.1, 0.15) is 23.6 Å². The highest BCUT2D eigenvalue weighted by molar-refractivity contribution is 5.92. The maximum Gasteiger partial charge on any atom is 0.228 e. The zero-order valence-corrected chi connectivity index (χ0v) is 13.1. The summed E-state index contributed by atoms with van der Waals surface area (Å²) in [7, 11) is 0. The van der Waals surface area contributed by atoms with Crippen LogP contribution in [0.3, 0.4) is 0 Å². The Morgan fingerprint density at radius 1 is 0.864 bits per heavy atom. The molecule has 2 amide bonds. The number of carbonyl (C=O) groups excluding carboxylic acids is 2. The third-order valence-corrected chi connectivity index (χ3v) is 3.14. The van der Waals surface area contributed by atoms with Gasteiger partial charge in [-0.05, 0) is 54.8 Å². The van der Waals surface area contributed by atoms with E-state index in [1.165, 1.54) is 6.92 Å². The number of benzene rings is 2. The van der Waals surface area contributed by atoms with Crippen LogP contribution in [0.2, 0.25) is 0 Å². The van der Waals surface area contributed by atoms with E-state index in [1.54, 1.807) is 12.1 Å². The van der Waals surface area contributed by atoms with Crippen molar-refractivity contribution in [2.45, 2.75) is 27.2 Å². The van der Waals surface area contributed by atoms with Crippen molar-refractivity contribution in [1.29, 1.82) is 0 Å². The van der Waals surface area contributed by atoms with Crippen molar-refractivity contribution >= 4 is 23.2 Å². The fraction of sp³-hybridized carbons (Fsp3) is 0.222. The minimum atomic E-state index is -0.111. The molecule has 2 aromatic rings. The predicted molar refractivity (Wildman–Crippen MR) is 89.0 cm³/mol. The summed E-state index contributed by atoms with van der Waals surface area (Å²) >= 11 is 0. The first kappa shape index (κ1) is 15.8. The van der Waals surface area contributed by atoms with E-state index < -0.39 is 0 Å². The van der Waals surface area contributed by atoms with Gasteiger partial charge in [0, 0.05) is 18.3 Å². The highest BCUT2D eigenvalue weighted by Gasteiger charge is 2.05. The van der Waals surface area contributed by atoms with Crippen molar-refractivity contribution in [3.8, 4) is 0 Å². The summed E-state index contributed by atoms with van der Waals surface area (Å²) in [5.41, 5.74) is 4.68.